The van der Waals surface area contributed by atoms with E-state index in [-0.39, 0.29) is 36.0 Å². The van der Waals surface area contributed by atoms with Crippen molar-refractivity contribution in [2.75, 3.05) is 6.16 Å². The molecule has 0 radical (unpaired) electrons. The van der Waals surface area contributed by atoms with E-state index >= 15 is 0 Å². The summed E-state index contributed by atoms with van der Waals surface area (Å²) in [5.74, 6) is 0.517. The number of rotatable bonds is 8. The van der Waals surface area contributed by atoms with Crippen molar-refractivity contribution >= 4 is 23.2 Å². The number of benzene rings is 3. The third-order valence-corrected chi connectivity index (χ3v) is 10.6. The zero-order valence-electron chi connectivity index (χ0n) is 17.6. The van der Waals surface area contributed by atoms with E-state index in [4.69, 9.17) is 0 Å². The summed E-state index contributed by atoms with van der Waals surface area (Å²) < 4.78 is 0. The van der Waals surface area contributed by atoms with Gasteiger partial charge in [0.15, 0.2) is 0 Å². The molecule has 154 valence electrons. The van der Waals surface area contributed by atoms with Gasteiger partial charge in [0.05, 0.1) is 12.3 Å². The zero-order valence-corrected chi connectivity index (χ0v) is 20.6. The molecule has 0 aliphatic heterocycles. The molecule has 0 bridgehead atoms. The third-order valence-electron chi connectivity index (χ3n) is 5.96. The average Bonchev–Trinajstić information content (AvgIpc) is 2.78. The second kappa shape index (κ2) is 11.2. The smallest absolute Gasteiger partial charge is 0.112 e. The van der Waals surface area contributed by atoms with Gasteiger partial charge in [-0.2, -0.15) is 0 Å². The van der Waals surface area contributed by atoms with E-state index in [2.05, 4.69) is 112 Å². The lowest BCUT2D eigenvalue weighted by molar-refractivity contribution is -0.00000772. The fourth-order valence-electron chi connectivity index (χ4n) is 4.15. The van der Waals surface area contributed by atoms with E-state index in [9.17, 15) is 5.11 Å². The Kier molecular flexibility index (Phi) is 9.33. The van der Waals surface area contributed by atoms with Crippen LogP contribution in [0.4, 0.5) is 0 Å². The van der Waals surface area contributed by atoms with Crippen LogP contribution in [0.5, 0.6) is 0 Å². The SMILES string of the molecule is CC[C@H](C)[C@@H](O)[C@@H](C)[14CH2][P+](c1ccccc1)(c1ccccc1)c1ccccc1.[I-]. The van der Waals surface area contributed by atoms with Crippen LogP contribution < -0.4 is 39.9 Å². The van der Waals surface area contributed by atoms with E-state index in [1.807, 2.05) is 0 Å². The molecule has 0 aliphatic carbocycles. The monoisotopic (exact) mass is 520 g/mol. The van der Waals surface area contributed by atoms with E-state index in [0.29, 0.717) is 5.92 Å². The lowest BCUT2D eigenvalue weighted by Gasteiger charge is -2.33. The minimum atomic E-state index is -1.87. The van der Waals surface area contributed by atoms with Crippen LogP contribution in [-0.2, 0) is 0 Å². The molecule has 3 rings (SSSR count). The quantitative estimate of drug-likeness (QED) is 0.356. The second-order valence-electron chi connectivity index (χ2n) is 7.85. The first-order valence-electron chi connectivity index (χ1n) is 10.3. The van der Waals surface area contributed by atoms with Crippen molar-refractivity contribution in [3.63, 3.8) is 0 Å². The van der Waals surface area contributed by atoms with Gasteiger partial charge in [0.1, 0.15) is 23.2 Å². The van der Waals surface area contributed by atoms with Crippen LogP contribution >= 0.6 is 7.26 Å². The lowest BCUT2D eigenvalue weighted by Crippen LogP contribution is -3.00. The van der Waals surface area contributed by atoms with Crippen LogP contribution in [0.2, 0.25) is 0 Å². The molecular formula is C26H32IOP. The molecule has 1 nitrogen and oxygen atoms in total. The minimum absolute atomic E-state index is 0. The second-order valence-corrected chi connectivity index (χ2v) is 11.4. The van der Waals surface area contributed by atoms with Crippen LogP contribution in [0.25, 0.3) is 0 Å². The Bertz CT molecular complexity index is 742. The van der Waals surface area contributed by atoms with Crippen molar-refractivity contribution in [3.05, 3.63) is 91.0 Å². The van der Waals surface area contributed by atoms with Gasteiger partial charge in [0.2, 0.25) is 0 Å². The molecule has 3 aromatic rings. The molecule has 0 saturated heterocycles. The Morgan fingerprint density at radius 3 is 1.38 bits per heavy atom. The summed E-state index contributed by atoms with van der Waals surface area (Å²) in [6.07, 6.45) is 1.68. The number of aliphatic hydroxyl groups excluding tert-OH is 1. The van der Waals surface area contributed by atoms with Gasteiger partial charge in [0.25, 0.3) is 0 Å². The molecule has 0 aromatic heterocycles. The highest BCUT2D eigenvalue weighted by Gasteiger charge is 2.47. The summed E-state index contributed by atoms with van der Waals surface area (Å²) in [6, 6.07) is 32.8. The third kappa shape index (κ3) is 5.29. The van der Waals surface area contributed by atoms with E-state index in [1.165, 1.54) is 15.9 Å². The maximum Gasteiger partial charge on any atom is 0.112 e. The van der Waals surface area contributed by atoms with Gasteiger partial charge in [-0.1, -0.05) is 81.8 Å². The van der Waals surface area contributed by atoms with Crippen molar-refractivity contribution in [1.82, 2.24) is 0 Å². The minimum Gasteiger partial charge on any atom is -1.00 e. The van der Waals surface area contributed by atoms with Gasteiger partial charge in [-0.25, -0.2) is 0 Å². The number of aliphatic hydroxyl groups is 1. The molecule has 0 aliphatic rings. The van der Waals surface area contributed by atoms with Crippen LogP contribution in [0.1, 0.15) is 27.2 Å². The first-order valence-corrected chi connectivity index (χ1v) is 12.3. The van der Waals surface area contributed by atoms with Gasteiger partial charge < -0.3 is 29.1 Å². The topological polar surface area (TPSA) is 20.2 Å². The van der Waals surface area contributed by atoms with Crippen molar-refractivity contribution in [2.45, 2.75) is 33.3 Å². The van der Waals surface area contributed by atoms with Gasteiger partial charge in [-0.05, 0) is 42.3 Å². The molecule has 0 heterocycles. The molecule has 3 aromatic carbocycles. The Morgan fingerprint density at radius 2 is 1.07 bits per heavy atom. The summed E-state index contributed by atoms with van der Waals surface area (Å²) in [5.41, 5.74) is 0. The predicted molar refractivity (Wildman–Crippen MR) is 125 cm³/mol. The van der Waals surface area contributed by atoms with Gasteiger partial charge in [-0.3, -0.25) is 0 Å². The summed E-state index contributed by atoms with van der Waals surface area (Å²) in [6.45, 7) is 6.55. The summed E-state index contributed by atoms with van der Waals surface area (Å²) in [5, 5.41) is 15.2. The fraction of sp³-hybridized carbons (Fsp3) is 0.308. The summed E-state index contributed by atoms with van der Waals surface area (Å²) in [7, 11) is -1.87. The number of halogens is 1. The fourth-order valence-corrected chi connectivity index (χ4v) is 8.80. The highest BCUT2D eigenvalue weighted by Crippen LogP contribution is 2.57. The largest absolute Gasteiger partial charge is 1.00 e. The van der Waals surface area contributed by atoms with Crippen LogP contribution in [0.3, 0.4) is 0 Å². The Balaban J connectivity index is 0.00000300. The van der Waals surface area contributed by atoms with Crippen molar-refractivity contribution in [3.8, 4) is 0 Å². The van der Waals surface area contributed by atoms with E-state index in [1.54, 1.807) is 0 Å². The van der Waals surface area contributed by atoms with Gasteiger partial charge in [0, 0.05) is 5.92 Å². The molecule has 0 unspecified atom stereocenters. The highest BCUT2D eigenvalue weighted by molar-refractivity contribution is 7.95. The zero-order chi connectivity index (χ0) is 20.0. The average molecular weight is 520 g/mol. The van der Waals surface area contributed by atoms with Crippen molar-refractivity contribution in [2.24, 2.45) is 11.8 Å². The normalized spacial score (nSPS) is 14.5. The van der Waals surface area contributed by atoms with Gasteiger partial charge >= 0.3 is 0 Å². The van der Waals surface area contributed by atoms with Crippen molar-refractivity contribution < 1.29 is 29.1 Å². The maximum atomic E-state index is 11.0. The molecule has 3 heteroatoms. The lowest BCUT2D eigenvalue weighted by atomic mass is 9.97. The maximum absolute atomic E-state index is 11.0. The first kappa shape index (κ1) is 24.1. The molecule has 29 heavy (non-hydrogen) atoms. The first-order chi connectivity index (χ1) is 13.6. The molecule has 0 saturated carbocycles. The Morgan fingerprint density at radius 1 is 0.724 bits per heavy atom. The molecule has 0 amide bonds. The van der Waals surface area contributed by atoms with E-state index in [0.717, 1.165) is 12.6 Å². The summed E-state index contributed by atoms with van der Waals surface area (Å²) in [4.78, 5) is 0. The highest BCUT2D eigenvalue weighted by atomic mass is 127. The summed E-state index contributed by atoms with van der Waals surface area (Å²) >= 11 is 0. The van der Waals surface area contributed by atoms with Crippen molar-refractivity contribution in [1.29, 1.82) is 0 Å². The number of hydrogen-bond donors (Lipinski definition) is 1. The van der Waals surface area contributed by atoms with Crippen LogP contribution in [0.15, 0.2) is 91.0 Å². The molecule has 0 fully saturated rings. The molecule has 0 spiro atoms. The van der Waals surface area contributed by atoms with Crippen LogP contribution in [-0.4, -0.2) is 17.4 Å². The van der Waals surface area contributed by atoms with Crippen LogP contribution in [0, 0.1) is 11.8 Å². The molecular weight excluding hydrogens is 488 g/mol. The number of hydrogen-bond acceptors (Lipinski definition) is 1. The van der Waals surface area contributed by atoms with E-state index < -0.39 is 7.26 Å². The molecule has 3 atom stereocenters. The van der Waals surface area contributed by atoms with Gasteiger partial charge in [-0.15, -0.1) is 0 Å². The molecule has 1 N–H and O–H groups in total. The standard InChI is InChI=1S/C26H32OP.HI/c1-4-21(2)26(27)22(3)20-28(23-14-8-5-9-15-23,24-16-10-6-11-17-24)25-18-12-7-13-19-25;/h5-19,21-22,26-27H,4,20H2,1-3H3;1H/q+1;/p-1/t21-,22-,26+;/m0./s1/i20+2;. The Hall–Kier alpha value is -1.22. The Labute approximate surface area is 193 Å². The predicted octanol–water partition coefficient (Wildman–Crippen LogP) is 2.03.